The Morgan fingerprint density at radius 3 is 2.56 bits per heavy atom. The summed E-state index contributed by atoms with van der Waals surface area (Å²) >= 11 is 0. The van der Waals surface area contributed by atoms with Gasteiger partial charge in [-0.25, -0.2) is 9.97 Å². The molecule has 2 aromatic heterocycles. The molecule has 2 heterocycles. The van der Waals surface area contributed by atoms with Crippen LogP contribution in [0.3, 0.4) is 0 Å². The number of imidazole rings is 1. The lowest BCUT2D eigenvalue weighted by atomic mass is 10.2. The Labute approximate surface area is 158 Å². The minimum Gasteiger partial charge on any atom is -0.382 e. The van der Waals surface area contributed by atoms with Crippen molar-refractivity contribution in [3.63, 3.8) is 0 Å². The summed E-state index contributed by atoms with van der Waals surface area (Å²) in [5.74, 6) is 1.25. The first-order valence-corrected chi connectivity index (χ1v) is 9.22. The predicted octanol–water partition coefficient (Wildman–Crippen LogP) is 1.70. The lowest BCUT2D eigenvalue weighted by molar-refractivity contribution is 0.0470. The molecule has 3 rings (SSSR count). The Kier molecular flexibility index (Phi) is 6.94. The standard InChI is InChI=1S/C19H27N5O3/c1-2-25-13-16-23-17-18(14-5-3-4-6-15(14)22-19(17)21)24(16)8-10-27-12-11-26-9-7-20/h3-6H,2,7-13,20H2,1H3,(H2,21,22). The first kappa shape index (κ1) is 19.5. The van der Waals surface area contributed by atoms with Crippen LogP contribution in [0.4, 0.5) is 5.82 Å². The second-order valence-electron chi connectivity index (χ2n) is 6.04. The molecule has 0 atom stereocenters. The van der Waals surface area contributed by atoms with Crippen LogP contribution in [0.15, 0.2) is 24.3 Å². The van der Waals surface area contributed by atoms with Gasteiger partial charge in [0.25, 0.3) is 0 Å². The third-order valence-electron chi connectivity index (χ3n) is 4.22. The van der Waals surface area contributed by atoms with Crippen molar-refractivity contribution < 1.29 is 14.2 Å². The number of aromatic nitrogens is 3. The van der Waals surface area contributed by atoms with E-state index in [1.165, 1.54) is 0 Å². The van der Waals surface area contributed by atoms with E-state index < -0.39 is 0 Å². The Bertz CT molecular complexity index is 881. The molecule has 8 nitrogen and oxygen atoms in total. The highest BCUT2D eigenvalue weighted by Gasteiger charge is 2.17. The summed E-state index contributed by atoms with van der Waals surface area (Å²) in [4.78, 5) is 9.18. The van der Waals surface area contributed by atoms with Gasteiger partial charge in [-0.1, -0.05) is 18.2 Å². The molecule has 1 aromatic carbocycles. The molecule has 0 aliphatic heterocycles. The molecule has 4 N–H and O–H groups in total. The van der Waals surface area contributed by atoms with Gasteiger partial charge in [-0.2, -0.15) is 0 Å². The number of hydrogen-bond acceptors (Lipinski definition) is 7. The van der Waals surface area contributed by atoms with Gasteiger partial charge in [-0.15, -0.1) is 0 Å². The van der Waals surface area contributed by atoms with Crippen LogP contribution in [-0.2, 0) is 27.4 Å². The summed E-state index contributed by atoms with van der Waals surface area (Å²) in [5, 5.41) is 1.02. The number of nitrogen functional groups attached to an aromatic ring is 1. The summed E-state index contributed by atoms with van der Waals surface area (Å²) in [5.41, 5.74) is 14.1. The number of pyridine rings is 1. The molecular weight excluding hydrogens is 346 g/mol. The molecule has 3 aromatic rings. The molecule has 0 amide bonds. The van der Waals surface area contributed by atoms with Crippen molar-refractivity contribution in [2.45, 2.75) is 20.1 Å². The minimum atomic E-state index is 0.415. The van der Waals surface area contributed by atoms with Crippen LogP contribution in [0, 0.1) is 0 Å². The number of para-hydroxylation sites is 1. The van der Waals surface area contributed by atoms with E-state index in [1.807, 2.05) is 31.2 Å². The first-order chi connectivity index (χ1) is 13.3. The zero-order valence-corrected chi connectivity index (χ0v) is 15.7. The van der Waals surface area contributed by atoms with Crippen LogP contribution >= 0.6 is 0 Å². The second-order valence-corrected chi connectivity index (χ2v) is 6.04. The number of nitrogens with zero attached hydrogens (tertiary/aromatic N) is 3. The zero-order chi connectivity index (χ0) is 19.1. The lowest BCUT2D eigenvalue weighted by Crippen LogP contribution is -2.15. The van der Waals surface area contributed by atoms with E-state index in [4.69, 9.17) is 30.7 Å². The predicted molar refractivity (Wildman–Crippen MR) is 105 cm³/mol. The number of nitrogens with two attached hydrogens (primary N) is 2. The third kappa shape index (κ3) is 4.54. The van der Waals surface area contributed by atoms with Crippen molar-refractivity contribution in [1.82, 2.24) is 14.5 Å². The van der Waals surface area contributed by atoms with Gasteiger partial charge in [0.05, 0.1) is 37.5 Å². The highest BCUT2D eigenvalue weighted by Crippen LogP contribution is 2.28. The van der Waals surface area contributed by atoms with Gasteiger partial charge < -0.3 is 30.2 Å². The Morgan fingerprint density at radius 2 is 1.78 bits per heavy atom. The van der Waals surface area contributed by atoms with Gasteiger partial charge in [0.1, 0.15) is 17.9 Å². The molecule has 0 aliphatic rings. The molecule has 0 saturated carbocycles. The smallest absolute Gasteiger partial charge is 0.152 e. The lowest BCUT2D eigenvalue weighted by Gasteiger charge is -2.11. The SMILES string of the molecule is CCOCc1nc2c(N)nc3ccccc3c2n1CCOCCOCCN. The fourth-order valence-electron chi connectivity index (χ4n) is 3.01. The van der Waals surface area contributed by atoms with E-state index in [-0.39, 0.29) is 0 Å². The van der Waals surface area contributed by atoms with Gasteiger partial charge >= 0.3 is 0 Å². The van der Waals surface area contributed by atoms with Gasteiger partial charge in [-0.05, 0) is 13.0 Å². The van der Waals surface area contributed by atoms with Crippen molar-refractivity contribution in [3.05, 3.63) is 30.1 Å². The van der Waals surface area contributed by atoms with E-state index >= 15 is 0 Å². The van der Waals surface area contributed by atoms with Gasteiger partial charge in [0.15, 0.2) is 5.82 Å². The van der Waals surface area contributed by atoms with Crippen LogP contribution in [-0.4, -0.2) is 54.1 Å². The number of anilines is 1. The average molecular weight is 373 g/mol. The molecular formula is C19H27N5O3. The highest BCUT2D eigenvalue weighted by molar-refractivity contribution is 6.06. The molecule has 27 heavy (non-hydrogen) atoms. The molecule has 146 valence electrons. The maximum atomic E-state index is 6.17. The summed E-state index contributed by atoms with van der Waals surface area (Å²) in [6.45, 7) is 6.30. The van der Waals surface area contributed by atoms with Crippen molar-refractivity contribution in [3.8, 4) is 0 Å². The molecule has 0 unspecified atom stereocenters. The number of benzene rings is 1. The summed E-state index contributed by atoms with van der Waals surface area (Å²) < 4.78 is 18.7. The first-order valence-electron chi connectivity index (χ1n) is 9.22. The van der Waals surface area contributed by atoms with Gasteiger partial charge in [0.2, 0.25) is 0 Å². The van der Waals surface area contributed by atoms with Crippen molar-refractivity contribution >= 4 is 27.8 Å². The molecule has 0 aliphatic carbocycles. The number of ether oxygens (including phenoxy) is 3. The van der Waals surface area contributed by atoms with E-state index in [0.717, 1.165) is 22.2 Å². The Balaban J connectivity index is 1.86. The zero-order valence-electron chi connectivity index (χ0n) is 15.7. The van der Waals surface area contributed by atoms with Gasteiger partial charge in [-0.3, -0.25) is 0 Å². The molecule has 0 fully saturated rings. The van der Waals surface area contributed by atoms with Gasteiger partial charge in [0, 0.05) is 25.1 Å². The highest BCUT2D eigenvalue weighted by atomic mass is 16.5. The molecule has 0 radical (unpaired) electrons. The maximum absolute atomic E-state index is 6.17. The summed E-state index contributed by atoms with van der Waals surface area (Å²) in [7, 11) is 0. The average Bonchev–Trinajstić information content (AvgIpc) is 3.05. The number of rotatable bonds is 11. The van der Waals surface area contributed by atoms with Crippen LogP contribution in [0.2, 0.25) is 0 Å². The van der Waals surface area contributed by atoms with E-state index in [1.54, 1.807) is 0 Å². The van der Waals surface area contributed by atoms with Crippen LogP contribution in [0.25, 0.3) is 21.9 Å². The molecule has 0 bridgehead atoms. The van der Waals surface area contributed by atoms with Crippen LogP contribution in [0.5, 0.6) is 0 Å². The fourth-order valence-corrected chi connectivity index (χ4v) is 3.01. The molecule has 8 heteroatoms. The van der Waals surface area contributed by atoms with Crippen molar-refractivity contribution in [1.29, 1.82) is 0 Å². The number of hydrogen-bond donors (Lipinski definition) is 2. The van der Waals surface area contributed by atoms with E-state index in [2.05, 4.69) is 9.55 Å². The van der Waals surface area contributed by atoms with E-state index in [9.17, 15) is 0 Å². The Hall–Kier alpha value is -2.26. The van der Waals surface area contributed by atoms with E-state index in [0.29, 0.717) is 64.1 Å². The molecule has 0 saturated heterocycles. The molecule has 0 spiro atoms. The normalized spacial score (nSPS) is 11.6. The van der Waals surface area contributed by atoms with Crippen LogP contribution in [0.1, 0.15) is 12.7 Å². The van der Waals surface area contributed by atoms with Crippen LogP contribution < -0.4 is 11.5 Å². The maximum Gasteiger partial charge on any atom is 0.152 e. The third-order valence-corrected chi connectivity index (χ3v) is 4.22. The number of fused-ring (bicyclic) bond motifs is 3. The fraction of sp³-hybridized carbons (Fsp3) is 0.474. The van der Waals surface area contributed by atoms with Crippen molar-refractivity contribution in [2.75, 3.05) is 45.3 Å². The minimum absolute atomic E-state index is 0.415. The summed E-state index contributed by atoms with van der Waals surface area (Å²) in [6, 6.07) is 7.93. The quantitative estimate of drug-likeness (QED) is 0.492. The second kappa shape index (κ2) is 9.61. The largest absolute Gasteiger partial charge is 0.382 e. The monoisotopic (exact) mass is 373 g/mol. The summed E-state index contributed by atoms with van der Waals surface area (Å²) in [6.07, 6.45) is 0. The topological polar surface area (TPSA) is 110 Å². The van der Waals surface area contributed by atoms with Crippen molar-refractivity contribution in [2.24, 2.45) is 5.73 Å². The Morgan fingerprint density at radius 1 is 1.00 bits per heavy atom.